The first-order valence-electron chi connectivity index (χ1n) is 6.49. The van der Waals surface area contributed by atoms with E-state index in [2.05, 4.69) is 4.90 Å². The number of rotatable bonds is 1. The molecule has 2 nitrogen and oxygen atoms in total. The summed E-state index contributed by atoms with van der Waals surface area (Å²) < 4.78 is 13.3. The average molecular weight is 235 g/mol. The Morgan fingerprint density at radius 1 is 1.24 bits per heavy atom. The van der Waals surface area contributed by atoms with E-state index in [-0.39, 0.29) is 18.0 Å². The molecule has 2 aliphatic rings. The van der Waals surface area contributed by atoms with Gasteiger partial charge in [-0.25, -0.2) is 4.39 Å². The van der Waals surface area contributed by atoms with Crippen LogP contribution in [0.5, 0.6) is 0 Å². The molecule has 17 heavy (non-hydrogen) atoms. The zero-order chi connectivity index (χ0) is 11.8. The van der Waals surface area contributed by atoms with Crippen LogP contribution in [-0.2, 0) is 6.42 Å². The minimum atomic E-state index is -0.252. The fraction of sp³-hybridized carbons (Fsp3) is 0.571. The van der Waals surface area contributed by atoms with Crippen molar-refractivity contribution in [2.24, 2.45) is 0 Å². The molecule has 1 heterocycles. The average Bonchev–Trinajstić information content (AvgIpc) is 2.72. The van der Waals surface area contributed by atoms with Crippen molar-refractivity contribution >= 4 is 5.69 Å². The highest BCUT2D eigenvalue weighted by Crippen LogP contribution is 2.34. The van der Waals surface area contributed by atoms with Crippen LogP contribution in [0.15, 0.2) is 18.2 Å². The van der Waals surface area contributed by atoms with Gasteiger partial charge >= 0.3 is 0 Å². The summed E-state index contributed by atoms with van der Waals surface area (Å²) in [5.41, 5.74) is 2.21. The Hall–Kier alpha value is -1.09. The number of halogens is 1. The number of hydrogen-bond acceptors (Lipinski definition) is 2. The summed E-state index contributed by atoms with van der Waals surface area (Å²) in [6.07, 6.45) is 4.91. The van der Waals surface area contributed by atoms with Crippen LogP contribution >= 0.6 is 0 Å². The normalized spacial score (nSPS) is 28.2. The number of nitrogens with zero attached hydrogens (tertiary/aromatic N) is 1. The molecule has 3 rings (SSSR count). The Kier molecular flexibility index (Phi) is 2.79. The lowest BCUT2D eigenvalue weighted by Gasteiger charge is -2.37. The summed E-state index contributed by atoms with van der Waals surface area (Å²) in [7, 11) is 0. The molecule has 0 amide bonds. The Balaban J connectivity index is 1.89. The zero-order valence-corrected chi connectivity index (χ0v) is 9.90. The molecule has 1 fully saturated rings. The van der Waals surface area contributed by atoms with E-state index in [4.69, 9.17) is 0 Å². The molecule has 1 aliphatic heterocycles. The van der Waals surface area contributed by atoms with Crippen molar-refractivity contribution in [3.8, 4) is 0 Å². The van der Waals surface area contributed by atoms with Gasteiger partial charge in [0.2, 0.25) is 0 Å². The summed E-state index contributed by atoms with van der Waals surface area (Å²) in [6.45, 7) is 0.917. The number of aliphatic hydroxyl groups excluding tert-OH is 1. The largest absolute Gasteiger partial charge is 0.391 e. The van der Waals surface area contributed by atoms with E-state index in [9.17, 15) is 9.50 Å². The second-order valence-electron chi connectivity index (χ2n) is 5.14. The summed E-state index contributed by atoms with van der Waals surface area (Å²) >= 11 is 0. The highest BCUT2D eigenvalue weighted by molar-refractivity contribution is 5.59. The first-order chi connectivity index (χ1) is 8.25. The third-order valence-electron chi connectivity index (χ3n) is 4.07. The van der Waals surface area contributed by atoms with Gasteiger partial charge in [-0.15, -0.1) is 0 Å². The fourth-order valence-corrected chi connectivity index (χ4v) is 3.18. The molecule has 0 unspecified atom stereocenters. The van der Waals surface area contributed by atoms with Crippen LogP contribution < -0.4 is 4.90 Å². The summed E-state index contributed by atoms with van der Waals surface area (Å²) in [5, 5.41) is 10.1. The first-order valence-corrected chi connectivity index (χ1v) is 6.49. The maximum absolute atomic E-state index is 13.3. The number of anilines is 1. The lowest BCUT2D eigenvalue weighted by molar-refractivity contribution is 0.105. The van der Waals surface area contributed by atoms with Crippen LogP contribution in [0, 0.1) is 5.82 Å². The van der Waals surface area contributed by atoms with Gasteiger partial charge in [0, 0.05) is 12.2 Å². The molecule has 1 aliphatic carbocycles. The third kappa shape index (κ3) is 1.93. The predicted molar refractivity (Wildman–Crippen MR) is 65.7 cm³/mol. The molecule has 0 bridgehead atoms. The Morgan fingerprint density at radius 2 is 2.06 bits per heavy atom. The quantitative estimate of drug-likeness (QED) is 0.808. The predicted octanol–water partition coefficient (Wildman–Crippen LogP) is 2.49. The van der Waals surface area contributed by atoms with Crippen molar-refractivity contribution in [2.75, 3.05) is 11.4 Å². The number of hydrogen-bond donors (Lipinski definition) is 1. The molecular weight excluding hydrogens is 217 g/mol. The van der Waals surface area contributed by atoms with Crippen LogP contribution in [0.2, 0.25) is 0 Å². The molecule has 1 aromatic rings. The molecule has 1 aromatic carbocycles. The SMILES string of the molecule is O[C@H]1CCCC[C@@H]1N1CCc2ccc(F)cc21. The number of benzene rings is 1. The lowest BCUT2D eigenvalue weighted by atomic mass is 9.91. The Morgan fingerprint density at radius 3 is 2.88 bits per heavy atom. The van der Waals surface area contributed by atoms with Gasteiger partial charge < -0.3 is 10.0 Å². The van der Waals surface area contributed by atoms with E-state index in [0.717, 1.165) is 37.9 Å². The third-order valence-corrected chi connectivity index (χ3v) is 4.07. The van der Waals surface area contributed by atoms with Gasteiger partial charge in [0.1, 0.15) is 5.82 Å². The van der Waals surface area contributed by atoms with Crippen molar-refractivity contribution in [2.45, 2.75) is 44.2 Å². The Bertz CT molecular complexity index is 421. The van der Waals surface area contributed by atoms with Crippen molar-refractivity contribution < 1.29 is 9.50 Å². The molecule has 1 saturated carbocycles. The molecule has 0 spiro atoms. The van der Waals surface area contributed by atoms with Crippen molar-refractivity contribution in [3.05, 3.63) is 29.6 Å². The number of aliphatic hydroxyl groups is 1. The van der Waals surface area contributed by atoms with Crippen LogP contribution in [0.1, 0.15) is 31.2 Å². The molecular formula is C14H18FNO. The van der Waals surface area contributed by atoms with Crippen LogP contribution in [0.25, 0.3) is 0 Å². The highest BCUT2D eigenvalue weighted by atomic mass is 19.1. The van der Waals surface area contributed by atoms with E-state index in [1.54, 1.807) is 6.07 Å². The maximum atomic E-state index is 13.3. The lowest BCUT2D eigenvalue weighted by Crippen LogP contribution is -2.44. The van der Waals surface area contributed by atoms with E-state index in [1.165, 1.54) is 18.1 Å². The standard InChI is InChI=1S/C14H18FNO/c15-11-6-5-10-7-8-16(13(10)9-11)12-3-1-2-4-14(12)17/h5-6,9,12,14,17H,1-4,7-8H2/t12-,14-/m0/s1. The molecule has 2 atom stereocenters. The number of fused-ring (bicyclic) bond motifs is 1. The maximum Gasteiger partial charge on any atom is 0.125 e. The molecule has 0 aromatic heterocycles. The van der Waals surface area contributed by atoms with Crippen LogP contribution in [-0.4, -0.2) is 23.8 Å². The molecule has 0 saturated heterocycles. The topological polar surface area (TPSA) is 23.5 Å². The Labute approximate surface area is 101 Å². The fourth-order valence-electron chi connectivity index (χ4n) is 3.18. The highest BCUT2D eigenvalue weighted by Gasteiger charge is 2.32. The van der Waals surface area contributed by atoms with Gasteiger partial charge in [-0.1, -0.05) is 18.9 Å². The molecule has 1 N–H and O–H groups in total. The van der Waals surface area contributed by atoms with E-state index in [1.807, 2.05) is 6.07 Å². The van der Waals surface area contributed by atoms with Gasteiger partial charge in [0.25, 0.3) is 0 Å². The minimum absolute atomic E-state index is 0.180. The second kappa shape index (κ2) is 4.30. The van der Waals surface area contributed by atoms with E-state index >= 15 is 0 Å². The summed E-state index contributed by atoms with van der Waals surface area (Å²) in [4.78, 5) is 2.21. The van der Waals surface area contributed by atoms with Gasteiger partial charge in [-0.2, -0.15) is 0 Å². The van der Waals surface area contributed by atoms with Gasteiger partial charge in [0.15, 0.2) is 0 Å². The summed E-state index contributed by atoms with van der Waals surface area (Å²) in [6, 6.07) is 5.20. The first kappa shape index (κ1) is 11.0. The molecule has 92 valence electrons. The van der Waals surface area contributed by atoms with Crippen molar-refractivity contribution in [1.29, 1.82) is 0 Å². The van der Waals surface area contributed by atoms with E-state index < -0.39 is 0 Å². The monoisotopic (exact) mass is 235 g/mol. The zero-order valence-electron chi connectivity index (χ0n) is 9.90. The van der Waals surface area contributed by atoms with Crippen molar-refractivity contribution in [1.82, 2.24) is 0 Å². The molecule has 0 radical (unpaired) electrons. The minimum Gasteiger partial charge on any atom is -0.391 e. The summed E-state index contributed by atoms with van der Waals surface area (Å²) in [5.74, 6) is -0.180. The van der Waals surface area contributed by atoms with Crippen LogP contribution in [0.3, 0.4) is 0 Å². The van der Waals surface area contributed by atoms with Gasteiger partial charge in [-0.05, 0) is 37.0 Å². The second-order valence-corrected chi connectivity index (χ2v) is 5.14. The van der Waals surface area contributed by atoms with Gasteiger partial charge in [0.05, 0.1) is 12.1 Å². The molecule has 3 heteroatoms. The van der Waals surface area contributed by atoms with Crippen LogP contribution in [0.4, 0.5) is 10.1 Å². The smallest absolute Gasteiger partial charge is 0.125 e. The van der Waals surface area contributed by atoms with Crippen molar-refractivity contribution in [3.63, 3.8) is 0 Å². The van der Waals surface area contributed by atoms with Gasteiger partial charge in [-0.3, -0.25) is 0 Å². The van der Waals surface area contributed by atoms with E-state index in [0.29, 0.717) is 0 Å².